The molecule has 0 bridgehead atoms. The largest absolute Gasteiger partial charge is 0.306 e. The van der Waals surface area contributed by atoms with Crippen molar-refractivity contribution in [3.8, 4) is 16.4 Å². The summed E-state index contributed by atoms with van der Waals surface area (Å²) in [5, 5.41) is 9.98. The van der Waals surface area contributed by atoms with Gasteiger partial charge in [0.1, 0.15) is 5.82 Å². The van der Waals surface area contributed by atoms with E-state index in [2.05, 4.69) is 10.4 Å². The Balaban J connectivity index is 1.35. The number of carbonyl (C=O) groups is 1. The van der Waals surface area contributed by atoms with E-state index in [9.17, 15) is 13.2 Å². The number of carbonyl (C=O) groups excluding carboxylic acids is 1. The third-order valence-electron chi connectivity index (χ3n) is 5.91. The molecule has 1 aliphatic heterocycles. The molecule has 0 spiro atoms. The summed E-state index contributed by atoms with van der Waals surface area (Å²) in [4.78, 5) is 17.9. The Labute approximate surface area is 208 Å². The van der Waals surface area contributed by atoms with Crippen LogP contribution in [0.4, 0.5) is 5.82 Å². The van der Waals surface area contributed by atoms with Crippen molar-refractivity contribution in [3.05, 3.63) is 76.8 Å². The van der Waals surface area contributed by atoms with E-state index in [4.69, 9.17) is 4.98 Å². The molecule has 2 aromatic carbocycles. The lowest BCUT2D eigenvalue weighted by atomic mass is 10.1. The van der Waals surface area contributed by atoms with Gasteiger partial charge in [-0.2, -0.15) is 14.1 Å². The van der Waals surface area contributed by atoms with Crippen LogP contribution in [0, 0.1) is 13.8 Å². The molecule has 0 unspecified atom stereocenters. The van der Waals surface area contributed by atoms with Crippen LogP contribution >= 0.6 is 11.3 Å². The van der Waals surface area contributed by atoms with Crippen LogP contribution < -0.4 is 5.32 Å². The lowest BCUT2D eigenvalue weighted by Crippen LogP contribution is -2.27. The summed E-state index contributed by atoms with van der Waals surface area (Å²) in [7, 11) is -3.52. The van der Waals surface area contributed by atoms with Crippen molar-refractivity contribution in [1.29, 1.82) is 0 Å². The summed E-state index contributed by atoms with van der Waals surface area (Å²) >= 11 is 1.44. The van der Waals surface area contributed by atoms with Gasteiger partial charge in [0.05, 0.1) is 16.3 Å². The quantitative estimate of drug-likeness (QED) is 0.410. The third kappa shape index (κ3) is 4.77. The molecule has 2 aromatic heterocycles. The number of benzene rings is 2. The fraction of sp³-hybridized carbons (Fsp3) is 0.240. The molecule has 1 fully saturated rings. The van der Waals surface area contributed by atoms with Crippen molar-refractivity contribution in [1.82, 2.24) is 19.1 Å². The van der Waals surface area contributed by atoms with E-state index in [0.29, 0.717) is 29.6 Å². The van der Waals surface area contributed by atoms with Gasteiger partial charge in [-0.3, -0.25) is 4.79 Å². The van der Waals surface area contributed by atoms with Gasteiger partial charge >= 0.3 is 0 Å². The lowest BCUT2D eigenvalue weighted by Gasteiger charge is -2.15. The second-order valence-corrected chi connectivity index (χ2v) is 11.3. The summed E-state index contributed by atoms with van der Waals surface area (Å²) < 4.78 is 28.6. The topological polar surface area (TPSA) is 97.2 Å². The van der Waals surface area contributed by atoms with Crippen molar-refractivity contribution in [3.63, 3.8) is 0 Å². The van der Waals surface area contributed by atoms with Crippen LogP contribution in [0.2, 0.25) is 0 Å². The predicted octanol–water partition coefficient (Wildman–Crippen LogP) is 4.65. The zero-order chi connectivity index (χ0) is 24.6. The van der Waals surface area contributed by atoms with E-state index in [1.54, 1.807) is 10.7 Å². The molecular weight excluding hydrogens is 482 g/mol. The van der Waals surface area contributed by atoms with Crippen LogP contribution in [0.3, 0.4) is 0 Å². The zero-order valence-corrected chi connectivity index (χ0v) is 21.1. The molecule has 1 N–H and O–H groups in total. The van der Waals surface area contributed by atoms with Crippen molar-refractivity contribution >= 4 is 33.1 Å². The summed E-state index contributed by atoms with van der Waals surface area (Å²) in [6, 6.07) is 15.9. The standard InChI is InChI=1S/C25H25N5O3S2/c1-17-5-7-19(8-6-17)22-16-34-25(26-22)30-23(15-18(2)28-30)27-24(31)20-9-11-21(12-10-20)35(32,33)29-13-3-4-14-29/h5-12,15-16H,3-4,13-14H2,1-2H3,(H,27,31). The molecular formula is C25H25N5O3S2. The second-order valence-electron chi connectivity index (χ2n) is 8.55. The number of thiazole rings is 1. The minimum Gasteiger partial charge on any atom is -0.306 e. The first-order valence-electron chi connectivity index (χ1n) is 11.3. The van der Waals surface area contributed by atoms with Gasteiger partial charge in [-0.25, -0.2) is 13.4 Å². The van der Waals surface area contributed by atoms with Crippen molar-refractivity contribution in [2.24, 2.45) is 0 Å². The summed E-state index contributed by atoms with van der Waals surface area (Å²) in [5.41, 5.74) is 4.12. The molecule has 1 amide bonds. The van der Waals surface area contributed by atoms with Gasteiger partial charge in [0.15, 0.2) is 0 Å². The van der Waals surface area contributed by atoms with E-state index < -0.39 is 10.0 Å². The van der Waals surface area contributed by atoms with Crippen LogP contribution in [-0.4, -0.2) is 46.5 Å². The Morgan fingerprint density at radius 3 is 2.37 bits per heavy atom. The molecule has 180 valence electrons. The van der Waals surface area contributed by atoms with Crippen LogP contribution in [0.15, 0.2) is 64.9 Å². The maximum atomic E-state index is 13.0. The SMILES string of the molecule is Cc1ccc(-c2csc(-n3nc(C)cc3NC(=O)c3ccc(S(=O)(=O)N4CCCC4)cc3)n2)cc1. The Morgan fingerprint density at radius 2 is 1.69 bits per heavy atom. The summed E-state index contributed by atoms with van der Waals surface area (Å²) in [5.74, 6) is 0.137. The maximum Gasteiger partial charge on any atom is 0.256 e. The molecule has 1 aliphatic rings. The highest BCUT2D eigenvalue weighted by atomic mass is 32.2. The second kappa shape index (κ2) is 9.37. The van der Waals surface area contributed by atoms with E-state index in [0.717, 1.165) is 29.8 Å². The summed E-state index contributed by atoms with van der Waals surface area (Å²) in [6.45, 7) is 4.96. The van der Waals surface area contributed by atoms with E-state index >= 15 is 0 Å². The molecule has 5 rings (SSSR count). The first-order valence-corrected chi connectivity index (χ1v) is 13.6. The molecule has 0 saturated carbocycles. The number of hydrogen-bond donors (Lipinski definition) is 1. The number of anilines is 1. The Hall–Kier alpha value is -3.34. The highest BCUT2D eigenvalue weighted by molar-refractivity contribution is 7.89. The normalized spacial score (nSPS) is 14.3. The average molecular weight is 508 g/mol. The van der Waals surface area contributed by atoms with Crippen molar-refractivity contribution in [2.75, 3.05) is 18.4 Å². The Kier molecular flexibility index (Phi) is 6.26. The number of amides is 1. The van der Waals surface area contributed by atoms with E-state index in [1.807, 2.05) is 43.5 Å². The molecule has 8 nitrogen and oxygen atoms in total. The molecule has 0 atom stereocenters. The van der Waals surface area contributed by atoms with E-state index in [1.165, 1.54) is 45.5 Å². The molecule has 4 aromatic rings. The number of hydrogen-bond acceptors (Lipinski definition) is 6. The zero-order valence-electron chi connectivity index (χ0n) is 19.4. The van der Waals surface area contributed by atoms with Gasteiger partial charge in [0, 0.05) is 35.7 Å². The fourth-order valence-electron chi connectivity index (χ4n) is 4.00. The van der Waals surface area contributed by atoms with E-state index in [-0.39, 0.29) is 10.8 Å². The minimum absolute atomic E-state index is 0.197. The van der Waals surface area contributed by atoms with Gasteiger partial charge in [0.25, 0.3) is 5.91 Å². The summed E-state index contributed by atoms with van der Waals surface area (Å²) in [6.07, 6.45) is 1.75. The number of sulfonamides is 1. The molecule has 0 aliphatic carbocycles. The van der Waals surface area contributed by atoms with Crippen LogP contribution in [0.1, 0.15) is 34.5 Å². The number of aromatic nitrogens is 3. The predicted molar refractivity (Wildman–Crippen MR) is 137 cm³/mol. The van der Waals surface area contributed by atoms with Gasteiger partial charge in [0.2, 0.25) is 15.2 Å². The third-order valence-corrected chi connectivity index (χ3v) is 8.64. The highest BCUT2D eigenvalue weighted by Gasteiger charge is 2.27. The first kappa shape index (κ1) is 23.4. The fourth-order valence-corrected chi connectivity index (χ4v) is 6.31. The van der Waals surface area contributed by atoms with Gasteiger partial charge in [-0.1, -0.05) is 29.8 Å². The Bertz CT molecular complexity index is 1470. The number of aryl methyl sites for hydroxylation is 2. The smallest absolute Gasteiger partial charge is 0.256 e. The maximum absolute atomic E-state index is 13.0. The van der Waals surface area contributed by atoms with Crippen molar-refractivity contribution < 1.29 is 13.2 Å². The van der Waals surface area contributed by atoms with Gasteiger partial charge in [-0.05, 0) is 51.0 Å². The average Bonchev–Trinajstić information content (AvgIpc) is 3.61. The molecule has 3 heterocycles. The molecule has 35 heavy (non-hydrogen) atoms. The first-order chi connectivity index (χ1) is 16.8. The molecule has 10 heteroatoms. The monoisotopic (exact) mass is 507 g/mol. The van der Waals surface area contributed by atoms with Crippen LogP contribution in [0.5, 0.6) is 0 Å². The molecule has 1 saturated heterocycles. The van der Waals surface area contributed by atoms with Crippen LogP contribution in [-0.2, 0) is 10.0 Å². The Morgan fingerprint density at radius 1 is 1.00 bits per heavy atom. The van der Waals surface area contributed by atoms with Gasteiger partial charge in [-0.15, -0.1) is 11.3 Å². The lowest BCUT2D eigenvalue weighted by molar-refractivity contribution is 0.102. The number of nitrogens with zero attached hydrogens (tertiary/aromatic N) is 4. The highest BCUT2D eigenvalue weighted by Crippen LogP contribution is 2.27. The van der Waals surface area contributed by atoms with Gasteiger partial charge < -0.3 is 5.32 Å². The number of nitrogens with one attached hydrogen (secondary N) is 1. The van der Waals surface area contributed by atoms with Crippen molar-refractivity contribution in [2.45, 2.75) is 31.6 Å². The minimum atomic E-state index is -3.52. The number of rotatable bonds is 6. The van der Waals surface area contributed by atoms with Crippen LogP contribution in [0.25, 0.3) is 16.4 Å². The molecule has 0 radical (unpaired) electrons.